The van der Waals surface area contributed by atoms with Crippen molar-refractivity contribution in [3.63, 3.8) is 0 Å². The maximum absolute atomic E-state index is 12.4. The summed E-state index contributed by atoms with van der Waals surface area (Å²) in [6, 6.07) is 1.40. The third-order valence-electron chi connectivity index (χ3n) is 2.22. The molecular weight excluding hydrogens is 210 g/mol. The summed E-state index contributed by atoms with van der Waals surface area (Å²) in [6.45, 7) is 0.805. The molecule has 0 spiro atoms. The van der Waals surface area contributed by atoms with Gasteiger partial charge in [0.15, 0.2) is 0 Å². The highest BCUT2D eigenvalue weighted by atomic mass is 35.5. The van der Waals surface area contributed by atoms with Crippen molar-refractivity contribution in [2.24, 2.45) is 0 Å². The fourth-order valence-electron chi connectivity index (χ4n) is 1.52. The topological polar surface area (TPSA) is 24.9 Å². The molecule has 0 radical (unpaired) electrons. The number of rotatable bonds is 1. The van der Waals surface area contributed by atoms with Crippen molar-refractivity contribution < 1.29 is 8.78 Å². The molecule has 0 fully saturated rings. The van der Waals surface area contributed by atoms with Gasteiger partial charge in [0, 0.05) is 6.54 Å². The molecule has 2 rings (SSSR count). The minimum Gasteiger partial charge on any atom is -0.384 e. The number of anilines is 1. The van der Waals surface area contributed by atoms with Crippen LogP contribution in [0.15, 0.2) is 6.07 Å². The average Bonchev–Trinajstić information content (AvgIpc) is 2.16. The number of hydrogen-bond donors (Lipinski definition) is 1. The molecule has 1 aliphatic rings. The lowest BCUT2D eigenvalue weighted by atomic mass is 10.1. The predicted octanol–water partition coefficient (Wildman–Crippen LogP) is 3.03. The minimum absolute atomic E-state index is 0.0811. The molecule has 1 aliphatic heterocycles. The molecule has 76 valence electrons. The van der Waals surface area contributed by atoms with Gasteiger partial charge < -0.3 is 5.32 Å². The number of halogens is 3. The quantitative estimate of drug-likeness (QED) is 0.733. The molecule has 0 bridgehead atoms. The van der Waals surface area contributed by atoms with Crippen molar-refractivity contribution in [2.75, 3.05) is 11.9 Å². The van der Waals surface area contributed by atoms with Crippen molar-refractivity contribution in [3.8, 4) is 0 Å². The van der Waals surface area contributed by atoms with Crippen LogP contribution in [0.2, 0.25) is 5.15 Å². The number of aryl methyl sites for hydroxylation is 1. The van der Waals surface area contributed by atoms with Gasteiger partial charge in [0.2, 0.25) is 0 Å². The number of hydrogen-bond acceptors (Lipinski definition) is 2. The zero-order valence-electron chi connectivity index (χ0n) is 7.36. The Morgan fingerprint density at radius 1 is 1.50 bits per heavy atom. The Morgan fingerprint density at radius 3 is 3.00 bits per heavy atom. The lowest BCUT2D eigenvalue weighted by Crippen LogP contribution is -2.14. The van der Waals surface area contributed by atoms with Gasteiger partial charge in [0.05, 0.1) is 16.9 Å². The zero-order chi connectivity index (χ0) is 10.1. The summed E-state index contributed by atoms with van der Waals surface area (Å²) < 4.78 is 24.9. The number of pyridine rings is 1. The third kappa shape index (κ3) is 1.66. The monoisotopic (exact) mass is 218 g/mol. The first kappa shape index (κ1) is 9.65. The van der Waals surface area contributed by atoms with Gasteiger partial charge >= 0.3 is 0 Å². The largest absolute Gasteiger partial charge is 0.384 e. The van der Waals surface area contributed by atoms with E-state index in [4.69, 9.17) is 11.6 Å². The maximum atomic E-state index is 12.4. The van der Waals surface area contributed by atoms with Crippen molar-refractivity contribution >= 4 is 17.3 Å². The molecule has 14 heavy (non-hydrogen) atoms. The standard InChI is InChI=1S/C9H9ClF2N2/c10-8-5(9(11)12)4-7-6(14-8)2-1-3-13-7/h4,9,13H,1-3H2. The predicted molar refractivity (Wildman–Crippen MR) is 51.0 cm³/mol. The summed E-state index contributed by atoms with van der Waals surface area (Å²) in [5, 5.41) is 2.95. The van der Waals surface area contributed by atoms with E-state index >= 15 is 0 Å². The first-order chi connectivity index (χ1) is 6.68. The lowest BCUT2D eigenvalue weighted by Gasteiger charge is -2.18. The van der Waals surface area contributed by atoms with E-state index in [2.05, 4.69) is 10.3 Å². The summed E-state index contributed by atoms with van der Waals surface area (Å²) >= 11 is 5.64. The highest BCUT2D eigenvalue weighted by Gasteiger charge is 2.18. The van der Waals surface area contributed by atoms with E-state index in [1.807, 2.05) is 0 Å². The number of nitrogens with one attached hydrogen (secondary N) is 1. The van der Waals surface area contributed by atoms with Crippen molar-refractivity contribution in [2.45, 2.75) is 19.3 Å². The van der Waals surface area contributed by atoms with Crippen LogP contribution in [0.4, 0.5) is 14.5 Å². The van der Waals surface area contributed by atoms with Crippen LogP contribution in [0.1, 0.15) is 24.1 Å². The molecule has 0 saturated heterocycles. The highest BCUT2D eigenvalue weighted by molar-refractivity contribution is 6.30. The van der Waals surface area contributed by atoms with E-state index < -0.39 is 6.43 Å². The van der Waals surface area contributed by atoms with Gasteiger partial charge in [0.1, 0.15) is 5.15 Å². The van der Waals surface area contributed by atoms with Crippen LogP contribution < -0.4 is 5.32 Å². The maximum Gasteiger partial charge on any atom is 0.266 e. The Kier molecular flexibility index (Phi) is 2.54. The highest BCUT2D eigenvalue weighted by Crippen LogP contribution is 2.31. The normalized spacial score (nSPS) is 15.1. The van der Waals surface area contributed by atoms with E-state index in [9.17, 15) is 8.78 Å². The molecule has 0 unspecified atom stereocenters. The van der Waals surface area contributed by atoms with Crippen LogP contribution in [0.3, 0.4) is 0 Å². The second-order valence-corrected chi connectivity index (χ2v) is 3.55. The molecule has 1 aromatic heterocycles. The first-order valence-electron chi connectivity index (χ1n) is 4.40. The summed E-state index contributed by atoms with van der Waals surface area (Å²) in [7, 11) is 0. The Morgan fingerprint density at radius 2 is 2.29 bits per heavy atom. The molecule has 0 amide bonds. The first-order valence-corrected chi connectivity index (χ1v) is 4.77. The number of aromatic nitrogens is 1. The SMILES string of the molecule is FC(F)c1cc2c(nc1Cl)CCCN2. The Hall–Kier alpha value is -0.900. The summed E-state index contributed by atoms with van der Waals surface area (Å²) in [5.41, 5.74) is 1.28. The Labute approximate surface area is 85.3 Å². The Balaban J connectivity index is 2.45. The average molecular weight is 219 g/mol. The van der Waals surface area contributed by atoms with Crippen LogP contribution in [0.5, 0.6) is 0 Å². The van der Waals surface area contributed by atoms with E-state index in [0.717, 1.165) is 25.1 Å². The minimum atomic E-state index is -2.57. The zero-order valence-corrected chi connectivity index (χ0v) is 8.11. The molecule has 0 saturated carbocycles. The van der Waals surface area contributed by atoms with Crippen molar-refractivity contribution in [1.29, 1.82) is 0 Å². The Bertz CT molecular complexity index is 355. The molecular formula is C9H9ClF2N2. The molecule has 1 aromatic rings. The van der Waals surface area contributed by atoms with Crippen LogP contribution in [-0.2, 0) is 6.42 Å². The number of nitrogens with zero attached hydrogens (tertiary/aromatic N) is 1. The van der Waals surface area contributed by atoms with E-state index in [1.54, 1.807) is 0 Å². The fourth-order valence-corrected chi connectivity index (χ4v) is 1.76. The van der Waals surface area contributed by atoms with Crippen LogP contribution in [0, 0.1) is 0 Å². The second kappa shape index (κ2) is 3.69. The number of fused-ring (bicyclic) bond motifs is 1. The summed E-state index contributed by atoms with van der Waals surface area (Å²) in [6.07, 6.45) is -0.806. The molecule has 2 nitrogen and oxygen atoms in total. The molecule has 0 aliphatic carbocycles. The molecule has 2 heterocycles. The summed E-state index contributed by atoms with van der Waals surface area (Å²) in [4.78, 5) is 3.96. The fraction of sp³-hybridized carbons (Fsp3) is 0.444. The van der Waals surface area contributed by atoms with Gasteiger partial charge in [-0.3, -0.25) is 0 Å². The molecule has 5 heteroatoms. The molecule has 0 atom stereocenters. The molecule has 1 N–H and O–H groups in total. The van der Waals surface area contributed by atoms with Gasteiger partial charge in [-0.1, -0.05) is 11.6 Å². The van der Waals surface area contributed by atoms with Crippen LogP contribution in [0.25, 0.3) is 0 Å². The smallest absolute Gasteiger partial charge is 0.266 e. The molecule has 0 aromatic carbocycles. The van der Waals surface area contributed by atoms with Crippen LogP contribution in [-0.4, -0.2) is 11.5 Å². The van der Waals surface area contributed by atoms with Gasteiger partial charge in [-0.2, -0.15) is 0 Å². The van der Waals surface area contributed by atoms with Gasteiger partial charge in [-0.05, 0) is 18.9 Å². The van der Waals surface area contributed by atoms with E-state index in [1.165, 1.54) is 6.07 Å². The van der Waals surface area contributed by atoms with Crippen LogP contribution >= 0.6 is 11.6 Å². The van der Waals surface area contributed by atoms with Crippen molar-refractivity contribution in [1.82, 2.24) is 4.98 Å². The van der Waals surface area contributed by atoms with Gasteiger partial charge in [0.25, 0.3) is 6.43 Å². The van der Waals surface area contributed by atoms with Gasteiger partial charge in [-0.15, -0.1) is 0 Å². The van der Waals surface area contributed by atoms with E-state index in [-0.39, 0.29) is 10.7 Å². The lowest BCUT2D eigenvalue weighted by molar-refractivity contribution is 0.151. The number of alkyl halides is 2. The second-order valence-electron chi connectivity index (χ2n) is 3.19. The van der Waals surface area contributed by atoms with Gasteiger partial charge in [-0.25, -0.2) is 13.8 Å². The summed E-state index contributed by atoms with van der Waals surface area (Å²) in [5.74, 6) is 0. The van der Waals surface area contributed by atoms with Crippen molar-refractivity contribution in [3.05, 3.63) is 22.5 Å². The van der Waals surface area contributed by atoms with E-state index in [0.29, 0.717) is 5.69 Å². The third-order valence-corrected chi connectivity index (χ3v) is 2.53.